The normalized spacial score (nSPS) is 24.2. The topological polar surface area (TPSA) is 58.1 Å². The van der Waals surface area contributed by atoms with E-state index >= 15 is 0 Å². The SMILES string of the molecule is Cc1ncc(CC(=O)CC2CCC(CCN3CCc4sc(NC5CC5)nc4C3)CC2)s1. The second-order valence-corrected chi connectivity index (χ2v) is 12.2. The van der Waals surface area contributed by atoms with Crippen molar-refractivity contribution in [3.8, 4) is 0 Å². The average Bonchev–Trinajstić information content (AvgIpc) is 3.33. The van der Waals surface area contributed by atoms with E-state index in [1.54, 1.807) is 11.3 Å². The van der Waals surface area contributed by atoms with Gasteiger partial charge in [0.15, 0.2) is 5.13 Å². The van der Waals surface area contributed by atoms with Gasteiger partial charge in [-0.15, -0.1) is 22.7 Å². The van der Waals surface area contributed by atoms with Crippen molar-refractivity contribution < 1.29 is 4.79 Å². The predicted molar refractivity (Wildman–Crippen MR) is 128 cm³/mol. The number of aromatic nitrogens is 2. The van der Waals surface area contributed by atoms with E-state index in [1.165, 1.54) is 68.6 Å². The lowest BCUT2D eigenvalue weighted by atomic mass is 9.78. The minimum atomic E-state index is 0.398. The number of ketones is 1. The van der Waals surface area contributed by atoms with Gasteiger partial charge >= 0.3 is 0 Å². The summed E-state index contributed by atoms with van der Waals surface area (Å²) in [6.07, 6.45) is 13.3. The van der Waals surface area contributed by atoms with Crippen molar-refractivity contribution in [3.63, 3.8) is 0 Å². The Kier molecular flexibility index (Phi) is 6.72. The minimum Gasteiger partial charge on any atom is -0.359 e. The Morgan fingerprint density at radius 1 is 1.16 bits per heavy atom. The quantitative estimate of drug-likeness (QED) is 0.557. The monoisotopic (exact) mass is 458 g/mol. The molecule has 5 rings (SSSR count). The van der Waals surface area contributed by atoms with E-state index in [0.717, 1.165) is 40.3 Å². The van der Waals surface area contributed by atoms with E-state index in [-0.39, 0.29) is 0 Å². The summed E-state index contributed by atoms with van der Waals surface area (Å²) in [4.78, 5) is 26.8. The summed E-state index contributed by atoms with van der Waals surface area (Å²) in [6, 6.07) is 0.686. The molecule has 0 unspecified atom stereocenters. The highest BCUT2D eigenvalue weighted by molar-refractivity contribution is 7.15. The van der Waals surface area contributed by atoms with Crippen LogP contribution in [0.2, 0.25) is 0 Å². The fraction of sp³-hybridized carbons (Fsp3) is 0.708. The molecule has 0 aromatic carbocycles. The van der Waals surface area contributed by atoms with Crippen molar-refractivity contribution in [2.24, 2.45) is 11.8 Å². The number of hydrogen-bond donors (Lipinski definition) is 1. The molecular weight excluding hydrogens is 424 g/mol. The fourth-order valence-corrected chi connectivity index (χ4v) is 6.93. The highest BCUT2D eigenvalue weighted by Crippen LogP contribution is 2.35. The Morgan fingerprint density at radius 3 is 2.71 bits per heavy atom. The highest BCUT2D eigenvalue weighted by atomic mass is 32.1. The van der Waals surface area contributed by atoms with Crippen LogP contribution in [0.25, 0.3) is 0 Å². The summed E-state index contributed by atoms with van der Waals surface area (Å²) in [7, 11) is 0. The van der Waals surface area contributed by atoms with Crippen molar-refractivity contribution in [1.29, 1.82) is 0 Å². The predicted octanol–water partition coefficient (Wildman–Crippen LogP) is 5.24. The Labute approximate surface area is 193 Å². The zero-order valence-corrected chi connectivity index (χ0v) is 20.2. The van der Waals surface area contributed by atoms with Crippen LogP contribution in [0.15, 0.2) is 6.20 Å². The summed E-state index contributed by atoms with van der Waals surface area (Å²) in [5, 5.41) is 5.77. The first kappa shape index (κ1) is 21.5. The van der Waals surface area contributed by atoms with E-state index in [4.69, 9.17) is 4.98 Å². The number of rotatable bonds is 9. The van der Waals surface area contributed by atoms with Crippen molar-refractivity contribution in [2.75, 3.05) is 18.4 Å². The van der Waals surface area contributed by atoms with Gasteiger partial charge in [-0.05, 0) is 63.8 Å². The van der Waals surface area contributed by atoms with Crippen LogP contribution in [0.1, 0.15) is 71.8 Å². The Balaban J connectivity index is 1.01. The van der Waals surface area contributed by atoms with Crippen molar-refractivity contribution >= 4 is 33.6 Å². The molecule has 168 valence electrons. The number of thiazole rings is 2. The molecule has 5 nitrogen and oxygen atoms in total. The van der Waals surface area contributed by atoms with Gasteiger partial charge in [0.25, 0.3) is 0 Å². The van der Waals surface area contributed by atoms with Crippen molar-refractivity contribution in [2.45, 2.75) is 83.7 Å². The lowest BCUT2D eigenvalue weighted by Crippen LogP contribution is -2.32. The fourth-order valence-electron chi connectivity index (χ4n) is 5.07. The summed E-state index contributed by atoms with van der Waals surface area (Å²) in [6.45, 7) is 5.41. The van der Waals surface area contributed by atoms with Crippen molar-refractivity contribution in [3.05, 3.63) is 26.7 Å². The van der Waals surface area contributed by atoms with Crippen LogP contribution in [0, 0.1) is 18.8 Å². The molecule has 0 radical (unpaired) electrons. The molecule has 1 aliphatic heterocycles. The zero-order chi connectivity index (χ0) is 21.2. The Hall–Kier alpha value is -1.31. The molecule has 31 heavy (non-hydrogen) atoms. The van der Waals surface area contributed by atoms with Gasteiger partial charge in [0.1, 0.15) is 5.78 Å². The molecule has 3 aliphatic rings. The first-order chi connectivity index (χ1) is 15.1. The van der Waals surface area contributed by atoms with E-state index in [0.29, 0.717) is 24.2 Å². The van der Waals surface area contributed by atoms with E-state index in [2.05, 4.69) is 15.2 Å². The lowest BCUT2D eigenvalue weighted by molar-refractivity contribution is -0.119. The van der Waals surface area contributed by atoms with Crippen LogP contribution in [-0.2, 0) is 24.2 Å². The smallest absolute Gasteiger partial charge is 0.183 e. The number of hydrogen-bond acceptors (Lipinski definition) is 7. The minimum absolute atomic E-state index is 0.398. The maximum absolute atomic E-state index is 12.4. The van der Waals surface area contributed by atoms with Crippen LogP contribution in [0.3, 0.4) is 0 Å². The van der Waals surface area contributed by atoms with Crippen LogP contribution < -0.4 is 5.32 Å². The molecule has 3 heterocycles. The van der Waals surface area contributed by atoms with Gasteiger partial charge in [0.2, 0.25) is 0 Å². The van der Waals surface area contributed by atoms with Gasteiger partial charge < -0.3 is 5.32 Å². The van der Waals surface area contributed by atoms with E-state index < -0.39 is 0 Å². The highest BCUT2D eigenvalue weighted by Gasteiger charge is 2.27. The maximum Gasteiger partial charge on any atom is 0.183 e. The number of fused-ring (bicyclic) bond motifs is 1. The van der Waals surface area contributed by atoms with Gasteiger partial charge in [-0.3, -0.25) is 9.69 Å². The summed E-state index contributed by atoms with van der Waals surface area (Å²) in [5.74, 6) is 1.83. The third-order valence-electron chi connectivity index (χ3n) is 7.09. The Morgan fingerprint density at radius 2 is 1.97 bits per heavy atom. The second-order valence-electron chi connectivity index (χ2n) is 9.77. The van der Waals surface area contributed by atoms with Crippen LogP contribution in [0.4, 0.5) is 5.13 Å². The summed E-state index contributed by atoms with van der Waals surface area (Å²) < 4.78 is 0. The Bertz CT molecular complexity index is 895. The molecule has 2 fully saturated rings. The molecule has 2 aromatic heterocycles. The number of nitrogens with one attached hydrogen (secondary N) is 1. The first-order valence-corrected chi connectivity index (χ1v) is 13.6. The second kappa shape index (κ2) is 9.67. The van der Waals surface area contributed by atoms with Crippen LogP contribution in [0.5, 0.6) is 0 Å². The molecule has 2 aromatic rings. The standard InChI is InChI=1S/C24H34N4OS2/c1-16-25-14-21(30-16)13-20(29)12-18-4-2-17(3-5-18)8-10-28-11-9-23-22(15-28)27-24(31-23)26-19-6-7-19/h14,17-19H,2-13,15H2,1H3,(H,26,27). The molecule has 0 amide bonds. The van der Waals surface area contributed by atoms with Gasteiger partial charge in [0.05, 0.1) is 10.7 Å². The molecule has 0 atom stereocenters. The van der Waals surface area contributed by atoms with Crippen LogP contribution in [-0.4, -0.2) is 39.8 Å². The molecule has 7 heteroatoms. The van der Waals surface area contributed by atoms with E-state index in [9.17, 15) is 4.79 Å². The van der Waals surface area contributed by atoms with Gasteiger partial charge in [-0.2, -0.15) is 0 Å². The number of nitrogens with zero attached hydrogens (tertiary/aromatic N) is 3. The number of Topliss-reactive ketones (excluding diaryl/α,β-unsaturated/α-hetero) is 1. The zero-order valence-electron chi connectivity index (χ0n) is 18.6. The number of aryl methyl sites for hydroxylation is 1. The van der Waals surface area contributed by atoms with Crippen LogP contribution >= 0.6 is 22.7 Å². The third kappa shape index (κ3) is 5.93. The number of anilines is 1. The van der Waals surface area contributed by atoms with Crippen molar-refractivity contribution in [1.82, 2.24) is 14.9 Å². The maximum atomic E-state index is 12.4. The molecule has 0 saturated heterocycles. The molecule has 0 spiro atoms. The molecule has 2 saturated carbocycles. The van der Waals surface area contributed by atoms with Gasteiger partial charge in [-0.1, -0.05) is 12.8 Å². The molecule has 1 N–H and O–H groups in total. The molecule has 2 aliphatic carbocycles. The largest absolute Gasteiger partial charge is 0.359 e. The molecule has 0 bridgehead atoms. The molecular formula is C24H34N4OS2. The summed E-state index contributed by atoms with van der Waals surface area (Å²) in [5.41, 5.74) is 1.32. The average molecular weight is 459 g/mol. The van der Waals surface area contributed by atoms with Gasteiger partial charge in [0, 0.05) is 47.9 Å². The lowest BCUT2D eigenvalue weighted by Gasteiger charge is -2.31. The van der Waals surface area contributed by atoms with Gasteiger partial charge in [-0.25, -0.2) is 9.97 Å². The first-order valence-electron chi connectivity index (χ1n) is 12.0. The number of carbonyl (C=O) groups is 1. The number of carbonyl (C=O) groups excluding carboxylic acids is 1. The third-order valence-corrected chi connectivity index (χ3v) is 9.09. The van der Waals surface area contributed by atoms with E-state index in [1.807, 2.05) is 24.5 Å². The summed E-state index contributed by atoms with van der Waals surface area (Å²) >= 11 is 3.54.